The Morgan fingerprint density at radius 3 is 2.78 bits per heavy atom. The first-order chi connectivity index (χ1) is 8.72. The highest BCUT2D eigenvalue weighted by atomic mass is 15.2. The molecule has 0 unspecified atom stereocenters. The van der Waals surface area contributed by atoms with Crippen molar-refractivity contribution in [1.82, 2.24) is 9.78 Å². The van der Waals surface area contributed by atoms with Crippen LogP contribution >= 0.6 is 0 Å². The highest BCUT2D eigenvalue weighted by molar-refractivity contribution is 5.82. The molecule has 3 rings (SSSR count). The zero-order valence-electron chi connectivity index (χ0n) is 11.2. The maximum Gasteiger partial charge on any atom is 0.0680 e. The van der Waals surface area contributed by atoms with Crippen molar-refractivity contribution in [1.29, 1.82) is 0 Å². The second-order valence-corrected chi connectivity index (χ2v) is 5.64. The van der Waals surface area contributed by atoms with E-state index in [2.05, 4.69) is 35.5 Å². The molecule has 3 nitrogen and oxygen atoms in total. The van der Waals surface area contributed by atoms with Crippen LogP contribution in [0.4, 0.5) is 5.69 Å². The van der Waals surface area contributed by atoms with Crippen molar-refractivity contribution in [3.05, 3.63) is 24.4 Å². The SMILES string of the molecule is CC1CCC(Nc2ccc3c(cnn3C)c2)CC1. The summed E-state index contributed by atoms with van der Waals surface area (Å²) in [6, 6.07) is 7.17. The maximum absolute atomic E-state index is 4.28. The molecule has 0 radical (unpaired) electrons. The molecule has 1 fully saturated rings. The summed E-state index contributed by atoms with van der Waals surface area (Å²) in [6.07, 6.45) is 7.24. The first kappa shape index (κ1) is 11.6. The molecule has 96 valence electrons. The van der Waals surface area contributed by atoms with Crippen LogP contribution < -0.4 is 5.32 Å². The molecule has 3 heteroatoms. The number of nitrogens with one attached hydrogen (secondary N) is 1. The first-order valence-electron chi connectivity index (χ1n) is 6.90. The van der Waals surface area contributed by atoms with Gasteiger partial charge in [0.2, 0.25) is 0 Å². The summed E-state index contributed by atoms with van der Waals surface area (Å²) in [6.45, 7) is 2.36. The minimum atomic E-state index is 0.648. The van der Waals surface area contributed by atoms with Crippen LogP contribution in [0, 0.1) is 5.92 Å². The molecule has 1 aliphatic carbocycles. The van der Waals surface area contributed by atoms with Crippen molar-refractivity contribution >= 4 is 16.6 Å². The molecule has 1 aromatic carbocycles. The topological polar surface area (TPSA) is 29.9 Å². The monoisotopic (exact) mass is 243 g/mol. The van der Waals surface area contributed by atoms with E-state index in [4.69, 9.17) is 0 Å². The molecule has 1 aliphatic rings. The highest BCUT2D eigenvalue weighted by Crippen LogP contribution is 2.27. The maximum atomic E-state index is 4.28. The van der Waals surface area contributed by atoms with Crippen LogP contribution in [-0.2, 0) is 7.05 Å². The van der Waals surface area contributed by atoms with Gasteiger partial charge in [-0.2, -0.15) is 5.10 Å². The molecule has 0 bridgehead atoms. The Morgan fingerprint density at radius 1 is 1.22 bits per heavy atom. The van der Waals surface area contributed by atoms with Crippen molar-refractivity contribution in [3.63, 3.8) is 0 Å². The average Bonchev–Trinajstić information content (AvgIpc) is 2.74. The van der Waals surface area contributed by atoms with E-state index in [1.807, 2.05) is 17.9 Å². The van der Waals surface area contributed by atoms with E-state index in [1.165, 1.54) is 42.3 Å². The van der Waals surface area contributed by atoms with Crippen molar-refractivity contribution in [2.45, 2.75) is 38.6 Å². The second kappa shape index (κ2) is 4.63. The van der Waals surface area contributed by atoms with E-state index in [-0.39, 0.29) is 0 Å². The molecule has 18 heavy (non-hydrogen) atoms. The molecule has 1 N–H and O–H groups in total. The van der Waals surface area contributed by atoms with Crippen LogP contribution in [0.3, 0.4) is 0 Å². The number of fused-ring (bicyclic) bond motifs is 1. The zero-order chi connectivity index (χ0) is 12.5. The molecule has 1 heterocycles. The lowest BCUT2D eigenvalue weighted by molar-refractivity contribution is 0.361. The molecular formula is C15H21N3. The van der Waals surface area contributed by atoms with Gasteiger partial charge in [-0.1, -0.05) is 6.92 Å². The van der Waals surface area contributed by atoms with Crippen molar-refractivity contribution in [2.24, 2.45) is 13.0 Å². The Labute approximate surface area is 108 Å². The van der Waals surface area contributed by atoms with Gasteiger partial charge in [0.05, 0.1) is 11.7 Å². The van der Waals surface area contributed by atoms with E-state index < -0.39 is 0 Å². The lowest BCUT2D eigenvalue weighted by atomic mass is 9.87. The summed E-state index contributed by atoms with van der Waals surface area (Å²) < 4.78 is 1.92. The van der Waals surface area contributed by atoms with Gasteiger partial charge in [-0.3, -0.25) is 4.68 Å². The fourth-order valence-corrected chi connectivity index (χ4v) is 2.89. The molecule has 0 saturated heterocycles. The molecule has 1 saturated carbocycles. The Balaban J connectivity index is 1.74. The van der Waals surface area contributed by atoms with Gasteiger partial charge in [-0.05, 0) is 49.8 Å². The normalized spacial score (nSPS) is 24.3. The summed E-state index contributed by atoms with van der Waals surface area (Å²) in [4.78, 5) is 0. The number of hydrogen-bond donors (Lipinski definition) is 1. The van der Waals surface area contributed by atoms with E-state index in [9.17, 15) is 0 Å². The van der Waals surface area contributed by atoms with Crippen LogP contribution in [0.25, 0.3) is 10.9 Å². The predicted octanol–water partition coefficient (Wildman–Crippen LogP) is 3.56. The summed E-state index contributed by atoms with van der Waals surface area (Å²) >= 11 is 0. The lowest BCUT2D eigenvalue weighted by Crippen LogP contribution is -2.25. The first-order valence-corrected chi connectivity index (χ1v) is 6.90. The minimum Gasteiger partial charge on any atom is -0.382 e. The Hall–Kier alpha value is -1.51. The number of aryl methyl sites for hydroxylation is 1. The van der Waals surface area contributed by atoms with Gasteiger partial charge in [-0.25, -0.2) is 0 Å². The Morgan fingerprint density at radius 2 is 2.00 bits per heavy atom. The van der Waals surface area contributed by atoms with E-state index in [0.29, 0.717) is 6.04 Å². The van der Waals surface area contributed by atoms with Gasteiger partial charge in [0, 0.05) is 24.2 Å². The summed E-state index contributed by atoms with van der Waals surface area (Å²) in [5, 5.41) is 9.16. The van der Waals surface area contributed by atoms with E-state index in [1.54, 1.807) is 0 Å². The van der Waals surface area contributed by atoms with Crippen LogP contribution in [0.15, 0.2) is 24.4 Å². The zero-order valence-corrected chi connectivity index (χ0v) is 11.2. The van der Waals surface area contributed by atoms with Crippen molar-refractivity contribution in [3.8, 4) is 0 Å². The van der Waals surface area contributed by atoms with Gasteiger partial charge in [0.25, 0.3) is 0 Å². The van der Waals surface area contributed by atoms with Crippen LogP contribution in [0.1, 0.15) is 32.6 Å². The molecule has 0 spiro atoms. The van der Waals surface area contributed by atoms with E-state index >= 15 is 0 Å². The summed E-state index contributed by atoms with van der Waals surface area (Å²) in [5.41, 5.74) is 2.42. The quantitative estimate of drug-likeness (QED) is 0.874. The highest BCUT2D eigenvalue weighted by Gasteiger charge is 2.17. The molecular weight excluding hydrogens is 222 g/mol. The number of benzene rings is 1. The third-order valence-corrected chi connectivity index (χ3v) is 4.13. The third kappa shape index (κ3) is 2.22. The number of aromatic nitrogens is 2. The predicted molar refractivity (Wildman–Crippen MR) is 75.8 cm³/mol. The Bertz CT molecular complexity index is 536. The van der Waals surface area contributed by atoms with Crippen LogP contribution in [0.2, 0.25) is 0 Å². The average molecular weight is 243 g/mol. The number of anilines is 1. The van der Waals surface area contributed by atoms with E-state index in [0.717, 1.165) is 5.92 Å². The molecule has 1 aromatic heterocycles. The summed E-state index contributed by atoms with van der Waals surface area (Å²) in [5.74, 6) is 0.906. The number of hydrogen-bond acceptors (Lipinski definition) is 2. The molecule has 2 aromatic rings. The Kier molecular flexibility index (Phi) is 2.98. The van der Waals surface area contributed by atoms with Gasteiger partial charge < -0.3 is 5.32 Å². The minimum absolute atomic E-state index is 0.648. The second-order valence-electron chi connectivity index (χ2n) is 5.64. The van der Waals surface area contributed by atoms with Crippen LogP contribution in [-0.4, -0.2) is 15.8 Å². The van der Waals surface area contributed by atoms with Crippen LogP contribution in [0.5, 0.6) is 0 Å². The lowest BCUT2D eigenvalue weighted by Gasteiger charge is -2.27. The number of nitrogens with zero attached hydrogens (tertiary/aromatic N) is 2. The third-order valence-electron chi connectivity index (χ3n) is 4.13. The fraction of sp³-hybridized carbons (Fsp3) is 0.533. The largest absolute Gasteiger partial charge is 0.382 e. The van der Waals surface area contributed by atoms with Gasteiger partial charge >= 0.3 is 0 Å². The number of rotatable bonds is 2. The fourth-order valence-electron chi connectivity index (χ4n) is 2.89. The van der Waals surface area contributed by atoms with Gasteiger partial charge in [-0.15, -0.1) is 0 Å². The van der Waals surface area contributed by atoms with Crippen molar-refractivity contribution in [2.75, 3.05) is 5.32 Å². The molecule has 0 atom stereocenters. The molecule has 0 amide bonds. The standard InChI is InChI=1S/C15H21N3/c1-11-3-5-13(6-4-11)17-14-7-8-15-12(9-14)10-16-18(15)2/h7-11,13,17H,3-6H2,1-2H3. The smallest absolute Gasteiger partial charge is 0.0680 e. The summed E-state index contributed by atoms with van der Waals surface area (Å²) in [7, 11) is 1.98. The van der Waals surface area contributed by atoms with Gasteiger partial charge in [0.1, 0.15) is 0 Å². The molecule has 0 aliphatic heterocycles. The van der Waals surface area contributed by atoms with Gasteiger partial charge in [0.15, 0.2) is 0 Å². The van der Waals surface area contributed by atoms with Crippen molar-refractivity contribution < 1.29 is 0 Å².